The summed E-state index contributed by atoms with van der Waals surface area (Å²) in [4.78, 5) is 24.9. The van der Waals surface area contributed by atoms with Gasteiger partial charge in [-0.25, -0.2) is 18.0 Å². The summed E-state index contributed by atoms with van der Waals surface area (Å²) in [7, 11) is -2.35. The topological polar surface area (TPSA) is 92.8 Å². The Balaban J connectivity index is 2.45. The van der Waals surface area contributed by atoms with Gasteiger partial charge in [-0.05, 0) is 31.0 Å². The number of nitrogens with zero attached hydrogens (tertiary/aromatic N) is 1. The first kappa shape index (κ1) is 18.4. The zero-order valence-electron chi connectivity index (χ0n) is 14.0. The molecule has 0 spiro atoms. The van der Waals surface area contributed by atoms with E-state index in [0.29, 0.717) is 12.8 Å². The Bertz CT molecular complexity index is 725. The lowest BCUT2D eigenvalue weighted by Crippen LogP contribution is -2.34. The van der Waals surface area contributed by atoms with Gasteiger partial charge in [0.1, 0.15) is 5.75 Å². The molecule has 7 nitrogen and oxygen atoms in total. The number of anilines is 1. The van der Waals surface area contributed by atoms with E-state index in [9.17, 15) is 18.0 Å². The number of carbonyl (C=O) groups is 2. The molecule has 0 radical (unpaired) electrons. The van der Waals surface area contributed by atoms with Crippen LogP contribution in [0, 0.1) is 0 Å². The molecule has 0 aliphatic carbocycles. The van der Waals surface area contributed by atoms with Crippen LogP contribution in [0.4, 0.5) is 5.69 Å². The van der Waals surface area contributed by atoms with Crippen molar-refractivity contribution in [3.63, 3.8) is 0 Å². The van der Waals surface area contributed by atoms with Crippen molar-refractivity contribution in [3.8, 4) is 5.75 Å². The molecule has 0 aromatic heterocycles. The highest BCUT2D eigenvalue weighted by Crippen LogP contribution is 2.34. The van der Waals surface area contributed by atoms with Crippen LogP contribution in [0.15, 0.2) is 23.1 Å². The average Bonchev–Trinajstić information content (AvgIpc) is 2.90. The Hall–Kier alpha value is -1.93. The Morgan fingerprint density at radius 2 is 1.75 bits per heavy atom. The van der Waals surface area contributed by atoms with E-state index in [1.54, 1.807) is 0 Å². The van der Waals surface area contributed by atoms with Crippen LogP contribution in [0.2, 0.25) is 0 Å². The highest BCUT2D eigenvalue weighted by molar-refractivity contribution is 7.89. The van der Waals surface area contributed by atoms with E-state index in [1.165, 1.54) is 25.3 Å². The third-order valence-electron chi connectivity index (χ3n) is 4.06. The van der Waals surface area contributed by atoms with E-state index in [-0.39, 0.29) is 47.0 Å². The molecule has 0 saturated carbocycles. The number of imide groups is 1. The summed E-state index contributed by atoms with van der Waals surface area (Å²) in [5, 5.41) is 0. The van der Waals surface area contributed by atoms with Crippen LogP contribution in [0.25, 0.3) is 0 Å². The molecule has 8 heteroatoms. The van der Waals surface area contributed by atoms with Gasteiger partial charge in [-0.1, -0.05) is 13.8 Å². The van der Waals surface area contributed by atoms with Gasteiger partial charge in [0.25, 0.3) is 0 Å². The first-order valence-corrected chi connectivity index (χ1v) is 9.38. The number of benzene rings is 1. The number of sulfonamides is 1. The second-order valence-corrected chi connectivity index (χ2v) is 7.31. The third-order valence-corrected chi connectivity index (χ3v) is 5.58. The Labute approximate surface area is 142 Å². The molecular weight excluding hydrogens is 332 g/mol. The highest BCUT2D eigenvalue weighted by atomic mass is 32.2. The van der Waals surface area contributed by atoms with Crippen molar-refractivity contribution in [2.75, 3.05) is 12.0 Å². The van der Waals surface area contributed by atoms with Gasteiger partial charge >= 0.3 is 0 Å². The van der Waals surface area contributed by atoms with Crippen molar-refractivity contribution < 1.29 is 22.7 Å². The van der Waals surface area contributed by atoms with Gasteiger partial charge < -0.3 is 4.74 Å². The molecule has 1 saturated heterocycles. The number of methoxy groups -OCH3 is 1. The van der Waals surface area contributed by atoms with Gasteiger partial charge in [0.05, 0.1) is 17.7 Å². The molecule has 1 aliphatic rings. The van der Waals surface area contributed by atoms with E-state index in [4.69, 9.17) is 4.74 Å². The minimum atomic E-state index is -3.75. The van der Waals surface area contributed by atoms with Crippen molar-refractivity contribution >= 4 is 27.5 Å². The van der Waals surface area contributed by atoms with E-state index in [1.807, 2.05) is 13.8 Å². The van der Waals surface area contributed by atoms with Crippen LogP contribution in [0.1, 0.15) is 39.5 Å². The minimum absolute atomic E-state index is 0.00213. The molecule has 24 heavy (non-hydrogen) atoms. The fraction of sp³-hybridized carbons (Fsp3) is 0.500. The molecular formula is C16H22N2O5S. The van der Waals surface area contributed by atoms with Crippen molar-refractivity contribution in [2.24, 2.45) is 0 Å². The first-order chi connectivity index (χ1) is 11.3. The second-order valence-electron chi connectivity index (χ2n) is 5.59. The van der Waals surface area contributed by atoms with E-state index >= 15 is 0 Å². The molecule has 1 heterocycles. The predicted octanol–water partition coefficient (Wildman–Crippen LogP) is 1.82. The van der Waals surface area contributed by atoms with E-state index in [0.717, 1.165) is 4.90 Å². The standard InChI is InChI=1S/C16H22N2O5S/c1-4-11(5-2)17-24(21,22)12-6-7-14(23-3)13(10-12)18-15(19)8-9-16(18)20/h6-7,10-11,17H,4-5,8-9H2,1-3H3. The molecule has 1 N–H and O–H groups in total. The molecule has 1 aromatic carbocycles. The summed E-state index contributed by atoms with van der Waals surface area (Å²) >= 11 is 0. The number of hydrogen-bond donors (Lipinski definition) is 1. The van der Waals surface area contributed by atoms with Gasteiger partial charge in [0.2, 0.25) is 21.8 Å². The van der Waals surface area contributed by atoms with Gasteiger partial charge in [-0.15, -0.1) is 0 Å². The normalized spacial score (nSPS) is 15.4. The number of ether oxygens (including phenoxy) is 1. The average molecular weight is 354 g/mol. The molecule has 0 unspecified atom stereocenters. The maximum absolute atomic E-state index is 12.5. The number of amides is 2. The molecule has 0 bridgehead atoms. The first-order valence-electron chi connectivity index (χ1n) is 7.90. The number of carbonyl (C=O) groups excluding carboxylic acids is 2. The lowest BCUT2D eigenvalue weighted by molar-refractivity contribution is -0.121. The summed E-state index contributed by atoms with van der Waals surface area (Å²) < 4.78 is 32.9. The van der Waals surface area contributed by atoms with E-state index in [2.05, 4.69) is 4.72 Å². The Morgan fingerprint density at radius 3 is 2.25 bits per heavy atom. The van der Waals surface area contributed by atoms with Crippen LogP contribution in [-0.2, 0) is 19.6 Å². The largest absolute Gasteiger partial charge is 0.495 e. The molecule has 1 fully saturated rings. The molecule has 2 amide bonds. The predicted molar refractivity (Wildman–Crippen MR) is 89.4 cm³/mol. The minimum Gasteiger partial charge on any atom is -0.495 e. The fourth-order valence-electron chi connectivity index (χ4n) is 2.60. The van der Waals surface area contributed by atoms with Gasteiger partial charge in [-0.2, -0.15) is 0 Å². The van der Waals surface area contributed by atoms with Crippen LogP contribution in [-0.4, -0.2) is 33.4 Å². The maximum Gasteiger partial charge on any atom is 0.240 e. The molecule has 132 valence electrons. The van der Waals surface area contributed by atoms with Crippen LogP contribution < -0.4 is 14.4 Å². The van der Waals surface area contributed by atoms with Crippen LogP contribution in [0.5, 0.6) is 5.75 Å². The Kier molecular flexibility index (Phi) is 5.61. The van der Waals surface area contributed by atoms with Crippen LogP contribution >= 0.6 is 0 Å². The van der Waals surface area contributed by atoms with Crippen molar-refractivity contribution in [1.29, 1.82) is 0 Å². The monoisotopic (exact) mass is 354 g/mol. The van der Waals surface area contributed by atoms with E-state index < -0.39 is 10.0 Å². The lowest BCUT2D eigenvalue weighted by atomic mass is 10.2. The van der Waals surface area contributed by atoms with Gasteiger partial charge in [0.15, 0.2) is 0 Å². The van der Waals surface area contributed by atoms with Crippen LogP contribution in [0.3, 0.4) is 0 Å². The number of rotatable bonds is 7. The van der Waals surface area contributed by atoms with Gasteiger partial charge in [-0.3, -0.25) is 9.59 Å². The SMILES string of the molecule is CCC(CC)NS(=O)(=O)c1ccc(OC)c(N2C(=O)CCC2=O)c1. The molecule has 1 aromatic rings. The molecule has 2 rings (SSSR count). The zero-order valence-corrected chi connectivity index (χ0v) is 14.9. The zero-order chi connectivity index (χ0) is 17.9. The summed E-state index contributed by atoms with van der Waals surface area (Å²) in [5.74, 6) is -0.443. The lowest BCUT2D eigenvalue weighted by Gasteiger charge is -2.20. The number of hydrogen-bond acceptors (Lipinski definition) is 5. The second kappa shape index (κ2) is 7.31. The quantitative estimate of drug-likeness (QED) is 0.754. The number of nitrogens with one attached hydrogen (secondary N) is 1. The fourth-order valence-corrected chi connectivity index (χ4v) is 4.02. The summed E-state index contributed by atoms with van der Waals surface area (Å²) in [5.41, 5.74) is 0.164. The summed E-state index contributed by atoms with van der Waals surface area (Å²) in [6, 6.07) is 3.99. The Morgan fingerprint density at radius 1 is 1.17 bits per heavy atom. The van der Waals surface area contributed by atoms with Crippen molar-refractivity contribution in [1.82, 2.24) is 4.72 Å². The third kappa shape index (κ3) is 3.59. The molecule has 0 atom stereocenters. The smallest absolute Gasteiger partial charge is 0.240 e. The highest BCUT2D eigenvalue weighted by Gasteiger charge is 2.33. The maximum atomic E-state index is 12.5. The summed E-state index contributed by atoms with van der Waals surface area (Å²) in [6.45, 7) is 3.80. The van der Waals surface area contributed by atoms with Gasteiger partial charge in [0, 0.05) is 18.9 Å². The summed E-state index contributed by atoms with van der Waals surface area (Å²) in [6.07, 6.45) is 1.57. The van der Waals surface area contributed by atoms with Crippen molar-refractivity contribution in [3.05, 3.63) is 18.2 Å². The molecule has 1 aliphatic heterocycles. The van der Waals surface area contributed by atoms with Crippen molar-refractivity contribution in [2.45, 2.75) is 50.5 Å².